The molecule has 0 aromatic heterocycles. The van der Waals surface area contributed by atoms with Crippen LogP contribution in [0.5, 0.6) is 0 Å². The molecule has 5 nitrogen and oxygen atoms in total. The number of nitrogens with zero attached hydrogens (tertiary/aromatic N) is 2. The summed E-state index contributed by atoms with van der Waals surface area (Å²) in [5, 5.41) is 0. The highest BCUT2D eigenvalue weighted by Gasteiger charge is 2.42. The predicted octanol–water partition coefficient (Wildman–Crippen LogP) is 1.22. The summed E-state index contributed by atoms with van der Waals surface area (Å²) in [6, 6.07) is 0.260. The highest BCUT2D eigenvalue weighted by molar-refractivity contribution is 7.86. The fourth-order valence-electron chi connectivity index (χ4n) is 3.79. The average molecular weight is 288 g/mol. The van der Waals surface area contributed by atoms with Crippen molar-refractivity contribution in [2.45, 2.75) is 44.6 Å². The molecule has 6 heteroatoms. The predicted molar refractivity (Wildman–Crippen MR) is 73.0 cm³/mol. The van der Waals surface area contributed by atoms with Crippen LogP contribution in [0.3, 0.4) is 0 Å². The Bertz CT molecular complexity index is 400. The van der Waals surface area contributed by atoms with Crippen molar-refractivity contribution < 1.29 is 13.2 Å². The van der Waals surface area contributed by atoms with Crippen LogP contribution in [0.1, 0.15) is 38.5 Å². The van der Waals surface area contributed by atoms with Gasteiger partial charge in [0, 0.05) is 25.7 Å². The van der Waals surface area contributed by atoms with Crippen LogP contribution in [0.15, 0.2) is 0 Å². The third kappa shape index (κ3) is 2.68. The van der Waals surface area contributed by atoms with Crippen LogP contribution in [0.4, 0.5) is 0 Å². The van der Waals surface area contributed by atoms with Crippen molar-refractivity contribution in [1.82, 2.24) is 8.61 Å². The zero-order chi connectivity index (χ0) is 13.3. The summed E-state index contributed by atoms with van der Waals surface area (Å²) in [7, 11) is -3.26. The number of ether oxygens (including phenoxy) is 1. The molecule has 2 saturated heterocycles. The summed E-state index contributed by atoms with van der Waals surface area (Å²) in [6.45, 7) is 2.79. The second-order valence-corrected chi connectivity index (χ2v) is 7.77. The van der Waals surface area contributed by atoms with Gasteiger partial charge in [-0.15, -0.1) is 0 Å². The Morgan fingerprint density at radius 2 is 1.58 bits per heavy atom. The van der Waals surface area contributed by atoms with E-state index in [1.54, 1.807) is 8.61 Å². The Hall–Kier alpha value is -0.170. The van der Waals surface area contributed by atoms with Crippen molar-refractivity contribution in [2.24, 2.45) is 5.92 Å². The molecule has 1 aliphatic carbocycles. The van der Waals surface area contributed by atoms with Gasteiger partial charge in [-0.2, -0.15) is 17.0 Å². The molecule has 0 aromatic rings. The summed E-state index contributed by atoms with van der Waals surface area (Å²) >= 11 is 0. The van der Waals surface area contributed by atoms with Crippen molar-refractivity contribution in [1.29, 1.82) is 0 Å². The Morgan fingerprint density at radius 1 is 0.895 bits per heavy atom. The normalized spacial score (nSPS) is 32.1. The molecule has 2 heterocycles. The van der Waals surface area contributed by atoms with Crippen molar-refractivity contribution in [3.8, 4) is 0 Å². The lowest BCUT2D eigenvalue weighted by Gasteiger charge is -2.34. The van der Waals surface area contributed by atoms with Gasteiger partial charge in [-0.1, -0.05) is 12.8 Å². The van der Waals surface area contributed by atoms with Gasteiger partial charge in [-0.05, 0) is 31.6 Å². The molecule has 3 rings (SSSR count). The number of rotatable bonds is 3. The van der Waals surface area contributed by atoms with Crippen LogP contribution in [0.2, 0.25) is 0 Å². The molecule has 1 atom stereocenters. The van der Waals surface area contributed by atoms with Gasteiger partial charge in [0.15, 0.2) is 0 Å². The van der Waals surface area contributed by atoms with Crippen LogP contribution in [0.25, 0.3) is 0 Å². The van der Waals surface area contributed by atoms with E-state index in [2.05, 4.69) is 0 Å². The molecular weight excluding hydrogens is 264 g/mol. The molecule has 110 valence electrons. The van der Waals surface area contributed by atoms with E-state index in [4.69, 9.17) is 4.74 Å². The van der Waals surface area contributed by atoms with Gasteiger partial charge in [0.1, 0.15) is 0 Å². The summed E-state index contributed by atoms with van der Waals surface area (Å²) in [4.78, 5) is 0. The molecule has 3 aliphatic rings. The van der Waals surface area contributed by atoms with E-state index in [1.165, 1.54) is 25.7 Å². The Morgan fingerprint density at radius 3 is 2.26 bits per heavy atom. The van der Waals surface area contributed by atoms with Crippen LogP contribution < -0.4 is 0 Å². The number of hydrogen-bond acceptors (Lipinski definition) is 3. The van der Waals surface area contributed by atoms with E-state index in [0.717, 1.165) is 12.8 Å². The average Bonchev–Trinajstić information content (AvgIpc) is 3.10. The minimum Gasteiger partial charge on any atom is -0.379 e. The third-order valence-electron chi connectivity index (χ3n) is 4.78. The van der Waals surface area contributed by atoms with E-state index in [-0.39, 0.29) is 6.04 Å². The van der Waals surface area contributed by atoms with E-state index >= 15 is 0 Å². The van der Waals surface area contributed by atoms with E-state index in [1.807, 2.05) is 0 Å². The molecule has 2 aliphatic heterocycles. The standard InChI is InChI=1S/C13H24N2O3S/c16-19(17,14-8-10-18-11-9-14)15-7-3-6-13(15)12-4-1-2-5-12/h12-13H,1-11H2/t13-/m1/s1. The van der Waals surface area contributed by atoms with Crippen molar-refractivity contribution in [3.63, 3.8) is 0 Å². The molecule has 1 saturated carbocycles. The zero-order valence-corrected chi connectivity index (χ0v) is 12.3. The van der Waals surface area contributed by atoms with Gasteiger partial charge in [0.25, 0.3) is 10.2 Å². The first-order chi connectivity index (χ1) is 9.19. The van der Waals surface area contributed by atoms with Crippen molar-refractivity contribution in [3.05, 3.63) is 0 Å². The molecule has 0 amide bonds. The molecule has 0 unspecified atom stereocenters. The minimum absolute atomic E-state index is 0.260. The molecule has 19 heavy (non-hydrogen) atoms. The lowest BCUT2D eigenvalue weighted by molar-refractivity contribution is 0.0693. The topological polar surface area (TPSA) is 49.9 Å². The first-order valence-electron chi connectivity index (χ1n) is 7.54. The molecule has 0 spiro atoms. The zero-order valence-electron chi connectivity index (χ0n) is 11.5. The lowest BCUT2D eigenvalue weighted by atomic mass is 9.97. The fourth-order valence-corrected chi connectivity index (χ4v) is 5.68. The molecule has 3 fully saturated rings. The first-order valence-corrected chi connectivity index (χ1v) is 8.94. The van der Waals surface area contributed by atoms with Gasteiger partial charge in [-0.25, -0.2) is 0 Å². The highest BCUT2D eigenvalue weighted by Crippen LogP contribution is 2.37. The first kappa shape index (κ1) is 13.8. The van der Waals surface area contributed by atoms with Crippen LogP contribution >= 0.6 is 0 Å². The van der Waals surface area contributed by atoms with Crippen LogP contribution in [-0.4, -0.2) is 55.9 Å². The molecule has 0 radical (unpaired) electrons. The fraction of sp³-hybridized carbons (Fsp3) is 1.00. The lowest BCUT2D eigenvalue weighted by Crippen LogP contribution is -2.51. The second kappa shape index (κ2) is 5.68. The monoisotopic (exact) mass is 288 g/mol. The maximum atomic E-state index is 12.8. The molecule has 0 bridgehead atoms. The smallest absolute Gasteiger partial charge is 0.282 e. The quantitative estimate of drug-likeness (QED) is 0.784. The van der Waals surface area contributed by atoms with E-state index < -0.39 is 10.2 Å². The van der Waals surface area contributed by atoms with Crippen molar-refractivity contribution in [2.75, 3.05) is 32.8 Å². The molecule has 0 N–H and O–H groups in total. The van der Waals surface area contributed by atoms with Crippen molar-refractivity contribution >= 4 is 10.2 Å². The van der Waals surface area contributed by atoms with E-state index in [9.17, 15) is 8.42 Å². The molecular formula is C13H24N2O3S. The van der Waals surface area contributed by atoms with Gasteiger partial charge in [0.05, 0.1) is 13.2 Å². The summed E-state index contributed by atoms with van der Waals surface area (Å²) in [6.07, 6.45) is 7.03. The highest BCUT2D eigenvalue weighted by atomic mass is 32.2. The maximum Gasteiger partial charge on any atom is 0.282 e. The van der Waals surface area contributed by atoms with Crippen LogP contribution in [0, 0.1) is 5.92 Å². The van der Waals surface area contributed by atoms with Gasteiger partial charge >= 0.3 is 0 Å². The Kier molecular flexibility index (Phi) is 4.12. The SMILES string of the molecule is O=S(=O)(N1CCOCC1)N1CCC[C@@H]1C1CCCC1. The third-order valence-corrected chi connectivity index (χ3v) is 6.85. The van der Waals surface area contributed by atoms with Gasteiger partial charge in [0.2, 0.25) is 0 Å². The Balaban J connectivity index is 1.74. The summed E-state index contributed by atoms with van der Waals surface area (Å²) < 4.78 is 34.2. The number of hydrogen-bond donors (Lipinski definition) is 0. The van der Waals surface area contributed by atoms with Gasteiger partial charge < -0.3 is 4.74 Å². The Labute approximate surface area is 116 Å². The number of morpholine rings is 1. The largest absolute Gasteiger partial charge is 0.379 e. The maximum absolute atomic E-state index is 12.8. The molecule has 0 aromatic carbocycles. The summed E-state index contributed by atoms with van der Waals surface area (Å²) in [5.74, 6) is 0.596. The van der Waals surface area contributed by atoms with Gasteiger partial charge in [-0.3, -0.25) is 0 Å². The van der Waals surface area contributed by atoms with E-state index in [0.29, 0.717) is 38.8 Å². The van der Waals surface area contributed by atoms with Crippen LogP contribution in [-0.2, 0) is 14.9 Å². The second-order valence-electron chi connectivity index (χ2n) is 5.88. The minimum atomic E-state index is -3.26. The summed E-state index contributed by atoms with van der Waals surface area (Å²) in [5.41, 5.74) is 0.